The maximum Gasteiger partial charge on any atom is 0.194 e. The van der Waals surface area contributed by atoms with Gasteiger partial charge in [0.25, 0.3) is 0 Å². The lowest BCUT2D eigenvalue weighted by Crippen LogP contribution is -2.59. The predicted octanol–water partition coefficient (Wildman–Crippen LogP) is 3.72. The van der Waals surface area contributed by atoms with Crippen molar-refractivity contribution in [3.05, 3.63) is 44.8 Å². The van der Waals surface area contributed by atoms with Crippen LogP contribution in [0.5, 0.6) is 0 Å². The lowest BCUT2D eigenvalue weighted by atomic mass is 9.81. The molecule has 2 aromatic rings. The quantitative estimate of drug-likeness (QED) is 0.873. The summed E-state index contributed by atoms with van der Waals surface area (Å²) >= 11 is 3.20. The van der Waals surface area contributed by atoms with Crippen molar-refractivity contribution in [1.29, 1.82) is 0 Å². The summed E-state index contributed by atoms with van der Waals surface area (Å²) in [6.07, 6.45) is -1.69. The third-order valence-corrected chi connectivity index (χ3v) is 6.44. The van der Waals surface area contributed by atoms with Gasteiger partial charge in [-0.3, -0.25) is 0 Å². The third-order valence-electron chi connectivity index (χ3n) is 4.65. The highest BCUT2D eigenvalue weighted by molar-refractivity contribution is 7.10. The van der Waals surface area contributed by atoms with Gasteiger partial charge in [-0.1, -0.05) is 26.0 Å². The summed E-state index contributed by atoms with van der Waals surface area (Å²) in [6, 6.07) is 7.96. The van der Waals surface area contributed by atoms with E-state index in [4.69, 9.17) is 18.9 Å². The van der Waals surface area contributed by atoms with Crippen molar-refractivity contribution < 1.29 is 24.1 Å². The molecule has 136 valence electrons. The SMILES string of the molecule is CC(C)(CO)[C@H]1OC(c2cccs2)O[C@H]2COC(c3cccs3)O[C@H]21. The molecular weight excluding hydrogens is 360 g/mol. The lowest BCUT2D eigenvalue weighted by molar-refractivity contribution is -0.376. The van der Waals surface area contributed by atoms with Crippen LogP contribution in [-0.2, 0) is 18.9 Å². The molecule has 25 heavy (non-hydrogen) atoms. The summed E-state index contributed by atoms with van der Waals surface area (Å²) in [5.41, 5.74) is -0.459. The highest BCUT2D eigenvalue weighted by Gasteiger charge is 2.51. The largest absolute Gasteiger partial charge is 0.396 e. The molecule has 2 aliphatic heterocycles. The van der Waals surface area contributed by atoms with Gasteiger partial charge in [0, 0.05) is 5.41 Å². The molecule has 4 heterocycles. The molecular formula is C18H22O5S2. The van der Waals surface area contributed by atoms with Crippen molar-refractivity contribution in [2.45, 2.75) is 44.7 Å². The topological polar surface area (TPSA) is 57.2 Å². The molecule has 1 N–H and O–H groups in total. The number of thiophene rings is 2. The van der Waals surface area contributed by atoms with Crippen molar-refractivity contribution in [2.75, 3.05) is 13.2 Å². The maximum atomic E-state index is 9.90. The molecule has 0 aromatic carbocycles. The number of rotatable bonds is 4. The number of aliphatic hydroxyl groups is 1. The van der Waals surface area contributed by atoms with Gasteiger partial charge >= 0.3 is 0 Å². The Hall–Kier alpha value is -0.800. The van der Waals surface area contributed by atoms with E-state index in [1.807, 2.05) is 48.9 Å². The van der Waals surface area contributed by atoms with Crippen molar-refractivity contribution >= 4 is 22.7 Å². The Kier molecular flexibility index (Phi) is 4.98. The first kappa shape index (κ1) is 17.6. The summed E-state index contributed by atoms with van der Waals surface area (Å²) in [5, 5.41) is 13.9. The van der Waals surface area contributed by atoms with Gasteiger partial charge in [0.05, 0.1) is 29.1 Å². The number of fused-ring (bicyclic) bond motifs is 1. The zero-order valence-electron chi connectivity index (χ0n) is 14.2. The second-order valence-electron chi connectivity index (χ2n) is 7.01. The Labute approximate surface area is 155 Å². The fourth-order valence-corrected chi connectivity index (χ4v) is 4.58. The van der Waals surface area contributed by atoms with Gasteiger partial charge in [0.15, 0.2) is 12.6 Å². The summed E-state index contributed by atoms with van der Waals surface area (Å²) in [5.74, 6) is 0. The molecule has 0 bridgehead atoms. The molecule has 0 saturated carbocycles. The van der Waals surface area contributed by atoms with E-state index in [-0.39, 0.29) is 24.9 Å². The number of hydrogen-bond donors (Lipinski definition) is 1. The fourth-order valence-electron chi connectivity index (χ4n) is 3.18. The molecule has 5 nitrogen and oxygen atoms in total. The second kappa shape index (κ2) is 7.08. The van der Waals surface area contributed by atoms with Crippen LogP contribution in [0.2, 0.25) is 0 Å². The highest BCUT2D eigenvalue weighted by atomic mass is 32.1. The number of ether oxygens (including phenoxy) is 4. The molecule has 2 unspecified atom stereocenters. The maximum absolute atomic E-state index is 9.90. The van der Waals surface area contributed by atoms with E-state index in [1.165, 1.54) is 0 Å². The van der Waals surface area contributed by atoms with Gasteiger partial charge in [0.2, 0.25) is 0 Å². The summed E-state index contributed by atoms with van der Waals surface area (Å²) in [4.78, 5) is 2.04. The van der Waals surface area contributed by atoms with Crippen LogP contribution in [-0.4, -0.2) is 36.6 Å². The molecule has 2 aliphatic rings. The van der Waals surface area contributed by atoms with Crippen molar-refractivity contribution in [3.8, 4) is 0 Å². The van der Waals surface area contributed by atoms with E-state index in [1.54, 1.807) is 22.7 Å². The predicted molar refractivity (Wildman–Crippen MR) is 95.6 cm³/mol. The van der Waals surface area contributed by atoms with Gasteiger partial charge in [-0.2, -0.15) is 0 Å². The zero-order valence-corrected chi connectivity index (χ0v) is 15.8. The normalized spacial score (nSPS) is 33.2. The molecule has 2 aromatic heterocycles. The van der Waals surface area contributed by atoms with E-state index in [9.17, 15) is 5.11 Å². The van der Waals surface area contributed by atoms with E-state index in [0.717, 1.165) is 9.75 Å². The van der Waals surface area contributed by atoms with Gasteiger partial charge in [-0.15, -0.1) is 22.7 Å². The third kappa shape index (κ3) is 3.42. The molecule has 2 saturated heterocycles. The van der Waals surface area contributed by atoms with Crippen LogP contribution in [0.25, 0.3) is 0 Å². The number of aliphatic hydroxyl groups excluding tert-OH is 1. The number of hydrogen-bond acceptors (Lipinski definition) is 7. The first-order valence-electron chi connectivity index (χ1n) is 8.34. The minimum Gasteiger partial charge on any atom is -0.396 e. The molecule has 2 fully saturated rings. The minimum absolute atomic E-state index is 0.00589. The van der Waals surface area contributed by atoms with Crippen LogP contribution >= 0.6 is 22.7 Å². The first-order chi connectivity index (χ1) is 12.1. The Morgan fingerprint density at radius 3 is 2.32 bits per heavy atom. The average molecular weight is 383 g/mol. The monoisotopic (exact) mass is 382 g/mol. The van der Waals surface area contributed by atoms with Gasteiger partial charge in [-0.05, 0) is 22.9 Å². The Bertz CT molecular complexity index is 670. The van der Waals surface area contributed by atoms with Crippen molar-refractivity contribution in [3.63, 3.8) is 0 Å². The van der Waals surface area contributed by atoms with E-state index in [2.05, 4.69) is 0 Å². The van der Waals surface area contributed by atoms with E-state index < -0.39 is 18.0 Å². The fraction of sp³-hybridized carbons (Fsp3) is 0.556. The highest BCUT2D eigenvalue weighted by Crippen LogP contribution is 2.44. The molecule has 5 atom stereocenters. The van der Waals surface area contributed by atoms with Gasteiger partial charge in [-0.25, -0.2) is 0 Å². The van der Waals surface area contributed by atoms with Gasteiger partial charge < -0.3 is 24.1 Å². The van der Waals surface area contributed by atoms with Crippen LogP contribution in [0, 0.1) is 5.41 Å². The standard InChI is InChI=1S/C18H22O5S2/c1-18(2,10-19)15-14-11(21-17(23-15)13-6-4-8-25-13)9-20-16(22-14)12-5-3-7-24-12/h3-8,11,14-17,19H,9-10H2,1-2H3/t11-,14+,15-,16?,17?/m0/s1. The average Bonchev–Trinajstić information content (AvgIpc) is 3.33. The molecule has 0 amide bonds. The minimum atomic E-state index is -0.459. The smallest absolute Gasteiger partial charge is 0.194 e. The Morgan fingerprint density at radius 2 is 1.72 bits per heavy atom. The van der Waals surface area contributed by atoms with E-state index in [0.29, 0.717) is 6.61 Å². The van der Waals surface area contributed by atoms with Crippen molar-refractivity contribution in [2.24, 2.45) is 5.41 Å². The van der Waals surface area contributed by atoms with Crippen molar-refractivity contribution in [1.82, 2.24) is 0 Å². The molecule has 0 spiro atoms. The van der Waals surface area contributed by atoms with Gasteiger partial charge in [0.1, 0.15) is 12.2 Å². The second-order valence-corrected chi connectivity index (χ2v) is 8.97. The first-order valence-corrected chi connectivity index (χ1v) is 10.1. The van der Waals surface area contributed by atoms with Crippen LogP contribution in [0.3, 0.4) is 0 Å². The molecule has 7 heteroatoms. The summed E-state index contributed by atoms with van der Waals surface area (Å²) < 4.78 is 24.5. The molecule has 0 radical (unpaired) electrons. The summed E-state index contributed by atoms with van der Waals surface area (Å²) in [7, 11) is 0. The lowest BCUT2D eigenvalue weighted by Gasteiger charge is -2.49. The molecule has 4 rings (SSSR count). The van der Waals surface area contributed by atoms with E-state index >= 15 is 0 Å². The summed E-state index contributed by atoms with van der Waals surface area (Å²) in [6.45, 7) is 4.43. The van der Waals surface area contributed by atoms with Crippen LogP contribution in [0.15, 0.2) is 35.0 Å². The van der Waals surface area contributed by atoms with Crippen LogP contribution < -0.4 is 0 Å². The zero-order chi connectivity index (χ0) is 17.4. The Balaban J connectivity index is 1.60. The Morgan fingerprint density at radius 1 is 1.04 bits per heavy atom. The van der Waals surface area contributed by atoms with Crippen LogP contribution in [0.4, 0.5) is 0 Å². The molecule has 0 aliphatic carbocycles. The van der Waals surface area contributed by atoms with Crippen LogP contribution in [0.1, 0.15) is 36.2 Å².